The molecule has 0 aliphatic carbocycles. The van der Waals surface area contributed by atoms with E-state index in [1.54, 1.807) is 4.90 Å². The van der Waals surface area contributed by atoms with E-state index in [9.17, 15) is 9.90 Å². The van der Waals surface area contributed by atoms with E-state index in [0.717, 1.165) is 17.8 Å². The van der Waals surface area contributed by atoms with E-state index in [0.29, 0.717) is 6.54 Å². The maximum Gasteiger partial charge on any atom is 0.407 e. The highest BCUT2D eigenvalue weighted by atomic mass is 16.4. The Bertz CT molecular complexity index is 479. The Hall–Kier alpha value is -1.91. The summed E-state index contributed by atoms with van der Waals surface area (Å²) in [6.07, 6.45) is -0.0231. The first-order valence-corrected chi connectivity index (χ1v) is 6.90. The van der Waals surface area contributed by atoms with Crippen LogP contribution in [0.4, 0.5) is 16.2 Å². The fourth-order valence-electron chi connectivity index (χ4n) is 3.02. The highest BCUT2D eigenvalue weighted by molar-refractivity contribution is 5.66. The quantitative estimate of drug-likeness (QED) is 0.726. The zero-order valence-corrected chi connectivity index (χ0v) is 12.3. The van der Waals surface area contributed by atoms with Gasteiger partial charge in [0.15, 0.2) is 0 Å². The number of hydrogen-bond acceptors (Lipinski definition) is 3. The van der Waals surface area contributed by atoms with Gasteiger partial charge in [0, 0.05) is 24.0 Å². The van der Waals surface area contributed by atoms with Gasteiger partial charge in [-0.3, -0.25) is 0 Å². The molecule has 1 saturated heterocycles. The summed E-state index contributed by atoms with van der Waals surface area (Å²) in [7, 11) is 0. The largest absolute Gasteiger partial charge is 0.465 e. The van der Waals surface area contributed by atoms with E-state index in [4.69, 9.17) is 5.73 Å². The molecule has 1 aromatic carbocycles. The van der Waals surface area contributed by atoms with E-state index >= 15 is 0 Å². The highest BCUT2D eigenvalue weighted by Gasteiger charge is 2.43. The molecule has 20 heavy (non-hydrogen) atoms. The Balaban J connectivity index is 2.18. The Morgan fingerprint density at radius 1 is 1.35 bits per heavy atom. The molecule has 0 aromatic heterocycles. The van der Waals surface area contributed by atoms with Crippen LogP contribution in [0.25, 0.3) is 0 Å². The number of hydrogen-bond donors (Lipinski definition) is 3. The number of amides is 1. The number of nitrogen functional groups attached to an aromatic ring is 1. The lowest BCUT2D eigenvalue weighted by Crippen LogP contribution is -2.49. The van der Waals surface area contributed by atoms with Crippen LogP contribution < -0.4 is 11.1 Å². The Labute approximate surface area is 119 Å². The number of carbonyl (C=O) groups is 1. The predicted molar refractivity (Wildman–Crippen MR) is 80.9 cm³/mol. The van der Waals surface area contributed by atoms with Crippen molar-refractivity contribution >= 4 is 17.5 Å². The number of benzene rings is 1. The summed E-state index contributed by atoms with van der Waals surface area (Å²) in [5.41, 5.74) is 7.27. The molecule has 0 bridgehead atoms. The second-order valence-corrected chi connectivity index (χ2v) is 6.45. The molecule has 1 aliphatic heterocycles. The van der Waals surface area contributed by atoms with Crippen LogP contribution >= 0.6 is 0 Å². The minimum absolute atomic E-state index is 0.0439. The van der Waals surface area contributed by atoms with Crippen molar-refractivity contribution in [3.8, 4) is 0 Å². The number of nitrogens with two attached hydrogens (primary N) is 1. The fourth-order valence-corrected chi connectivity index (χ4v) is 3.02. The molecule has 2 atom stereocenters. The molecule has 1 heterocycles. The Morgan fingerprint density at radius 3 is 2.45 bits per heavy atom. The van der Waals surface area contributed by atoms with Gasteiger partial charge in [-0.1, -0.05) is 20.8 Å². The third-order valence-corrected chi connectivity index (χ3v) is 3.79. The van der Waals surface area contributed by atoms with Gasteiger partial charge in [0.25, 0.3) is 0 Å². The standard InChI is InChI=1S/C15H23N3O2/c1-15(2,3)13-12(8-9-18(13)14(19)20)17-11-6-4-10(16)5-7-11/h4-7,12-13,17H,8-9,16H2,1-3H3,(H,19,20)/t12?,13-/m0/s1. The molecule has 0 radical (unpaired) electrons. The monoisotopic (exact) mass is 277 g/mol. The minimum atomic E-state index is -0.841. The molecule has 5 heteroatoms. The van der Waals surface area contributed by atoms with Crippen LogP contribution in [0, 0.1) is 5.41 Å². The van der Waals surface area contributed by atoms with Gasteiger partial charge in [-0.05, 0) is 36.1 Å². The molecule has 2 rings (SSSR count). The fraction of sp³-hybridized carbons (Fsp3) is 0.533. The summed E-state index contributed by atoms with van der Waals surface area (Å²) in [6.45, 7) is 6.81. The summed E-state index contributed by atoms with van der Waals surface area (Å²) < 4.78 is 0. The number of nitrogens with zero attached hydrogens (tertiary/aromatic N) is 1. The average Bonchev–Trinajstić information content (AvgIpc) is 2.76. The average molecular weight is 277 g/mol. The zero-order valence-electron chi connectivity index (χ0n) is 12.3. The normalized spacial score (nSPS) is 22.9. The lowest BCUT2D eigenvalue weighted by molar-refractivity contribution is 0.103. The SMILES string of the molecule is CC(C)(C)[C@@H]1C(Nc2ccc(N)cc2)CCN1C(=O)O. The van der Waals surface area contributed by atoms with E-state index in [1.807, 2.05) is 24.3 Å². The third-order valence-electron chi connectivity index (χ3n) is 3.79. The van der Waals surface area contributed by atoms with Crippen molar-refractivity contribution in [1.29, 1.82) is 0 Å². The van der Waals surface area contributed by atoms with Crippen LogP contribution in [0.5, 0.6) is 0 Å². The van der Waals surface area contributed by atoms with Crippen LogP contribution in [0.15, 0.2) is 24.3 Å². The number of rotatable bonds is 2. The Morgan fingerprint density at radius 2 is 1.95 bits per heavy atom. The highest BCUT2D eigenvalue weighted by Crippen LogP contribution is 2.34. The first-order chi connectivity index (χ1) is 9.29. The maximum atomic E-state index is 11.4. The molecule has 1 aromatic rings. The molecular weight excluding hydrogens is 254 g/mol. The predicted octanol–water partition coefficient (Wildman–Crippen LogP) is 2.85. The van der Waals surface area contributed by atoms with Crippen LogP contribution in [0.3, 0.4) is 0 Å². The number of likely N-dealkylation sites (tertiary alicyclic amines) is 1. The van der Waals surface area contributed by atoms with Crippen molar-refractivity contribution in [2.24, 2.45) is 5.41 Å². The summed E-state index contributed by atoms with van der Waals surface area (Å²) in [5.74, 6) is 0. The zero-order chi connectivity index (χ0) is 14.9. The molecule has 4 N–H and O–H groups in total. The summed E-state index contributed by atoms with van der Waals surface area (Å²) in [4.78, 5) is 12.9. The van der Waals surface area contributed by atoms with E-state index in [1.165, 1.54) is 0 Å². The third kappa shape index (κ3) is 2.98. The molecule has 5 nitrogen and oxygen atoms in total. The van der Waals surface area contributed by atoms with Crippen molar-refractivity contribution < 1.29 is 9.90 Å². The van der Waals surface area contributed by atoms with Crippen LogP contribution in [-0.4, -0.2) is 34.7 Å². The van der Waals surface area contributed by atoms with Crippen LogP contribution in [-0.2, 0) is 0 Å². The summed E-state index contributed by atoms with van der Waals surface area (Å²) in [6, 6.07) is 7.63. The summed E-state index contributed by atoms with van der Waals surface area (Å²) >= 11 is 0. The molecule has 0 spiro atoms. The molecule has 1 unspecified atom stereocenters. The first kappa shape index (κ1) is 14.5. The molecule has 0 saturated carbocycles. The first-order valence-electron chi connectivity index (χ1n) is 6.90. The van der Waals surface area contributed by atoms with Crippen molar-refractivity contribution in [3.05, 3.63) is 24.3 Å². The second kappa shape index (κ2) is 5.23. The van der Waals surface area contributed by atoms with Crippen molar-refractivity contribution in [3.63, 3.8) is 0 Å². The van der Waals surface area contributed by atoms with E-state index in [-0.39, 0.29) is 17.5 Å². The minimum Gasteiger partial charge on any atom is -0.465 e. The van der Waals surface area contributed by atoms with Gasteiger partial charge in [0.1, 0.15) is 0 Å². The van der Waals surface area contributed by atoms with Gasteiger partial charge in [-0.15, -0.1) is 0 Å². The van der Waals surface area contributed by atoms with Gasteiger partial charge >= 0.3 is 6.09 Å². The van der Waals surface area contributed by atoms with Crippen LogP contribution in [0.1, 0.15) is 27.2 Å². The van der Waals surface area contributed by atoms with Gasteiger partial charge in [0.2, 0.25) is 0 Å². The maximum absolute atomic E-state index is 11.4. The van der Waals surface area contributed by atoms with Gasteiger partial charge in [-0.25, -0.2) is 4.79 Å². The second-order valence-electron chi connectivity index (χ2n) is 6.45. The summed E-state index contributed by atoms with van der Waals surface area (Å²) in [5, 5.41) is 12.8. The van der Waals surface area contributed by atoms with Crippen molar-refractivity contribution in [2.45, 2.75) is 39.3 Å². The molecule has 1 aliphatic rings. The van der Waals surface area contributed by atoms with Crippen LogP contribution in [0.2, 0.25) is 0 Å². The van der Waals surface area contributed by atoms with Crippen molar-refractivity contribution in [1.82, 2.24) is 4.90 Å². The van der Waals surface area contributed by atoms with Gasteiger partial charge in [-0.2, -0.15) is 0 Å². The van der Waals surface area contributed by atoms with Gasteiger partial charge in [0.05, 0.1) is 6.04 Å². The lowest BCUT2D eigenvalue weighted by Gasteiger charge is -2.37. The lowest BCUT2D eigenvalue weighted by atomic mass is 9.82. The number of carboxylic acid groups (broad SMARTS) is 1. The number of anilines is 2. The Kier molecular flexibility index (Phi) is 3.79. The molecular formula is C15H23N3O2. The van der Waals surface area contributed by atoms with E-state index in [2.05, 4.69) is 26.1 Å². The van der Waals surface area contributed by atoms with E-state index < -0.39 is 6.09 Å². The number of nitrogens with one attached hydrogen (secondary N) is 1. The molecule has 1 fully saturated rings. The van der Waals surface area contributed by atoms with Gasteiger partial charge < -0.3 is 21.1 Å². The van der Waals surface area contributed by atoms with Crippen molar-refractivity contribution in [2.75, 3.05) is 17.6 Å². The topological polar surface area (TPSA) is 78.6 Å². The molecule has 110 valence electrons. The smallest absolute Gasteiger partial charge is 0.407 e. The molecule has 1 amide bonds.